The first-order chi connectivity index (χ1) is 35.1. The van der Waals surface area contributed by atoms with E-state index in [0.717, 1.165) is 107 Å². The number of nitrogens with one attached hydrogen (secondary N) is 3. The van der Waals surface area contributed by atoms with Gasteiger partial charge in [0.15, 0.2) is 0 Å². The molecule has 19 heteroatoms. The van der Waals surface area contributed by atoms with Crippen LogP contribution in [0.15, 0.2) is 83.9 Å². The average molecular weight is 1000 g/mol. The molecule has 12 rings (SSSR count). The van der Waals surface area contributed by atoms with E-state index in [2.05, 4.69) is 54.0 Å². The predicted octanol–water partition coefficient (Wildman–Crippen LogP) is 7.87. The molecule has 0 radical (unpaired) electrons. The highest BCUT2D eigenvalue weighted by atomic mass is 32.2. The molecule has 0 unspecified atom stereocenters. The number of sulfonamides is 1. The van der Waals surface area contributed by atoms with Gasteiger partial charge in [-0.3, -0.25) is 19.8 Å². The molecule has 5 aliphatic heterocycles. The molecule has 7 heterocycles. The van der Waals surface area contributed by atoms with E-state index in [-0.39, 0.29) is 34.7 Å². The molecule has 380 valence electrons. The second kappa shape index (κ2) is 19.5. The van der Waals surface area contributed by atoms with Gasteiger partial charge >= 0.3 is 0 Å². The van der Waals surface area contributed by atoms with E-state index in [9.17, 15) is 23.3 Å². The zero-order valence-electron chi connectivity index (χ0n) is 40.3. The molecule has 1 spiro atoms. The van der Waals surface area contributed by atoms with Crippen LogP contribution < -0.4 is 29.3 Å². The van der Waals surface area contributed by atoms with Crippen molar-refractivity contribution < 1.29 is 41.8 Å². The Labute approximate surface area is 418 Å². The molecule has 6 fully saturated rings. The average Bonchev–Trinajstić information content (AvgIpc) is 4.15. The highest BCUT2D eigenvalue weighted by Gasteiger charge is 2.50. The van der Waals surface area contributed by atoms with Gasteiger partial charge in [-0.2, -0.15) is 4.98 Å². The molecule has 5 aromatic rings. The summed E-state index contributed by atoms with van der Waals surface area (Å²) in [6.07, 6.45) is 11.4. The van der Waals surface area contributed by atoms with Gasteiger partial charge in [-0.1, -0.05) is 18.2 Å². The van der Waals surface area contributed by atoms with Crippen molar-refractivity contribution in [2.45, 2.75) is 99.4 Å². The summed E-state index contributed by atoms with van der Waals surface area (Å²) < 4.78 is 61.1. The van der Waals surface area contributed by atoms with Crippen molar-refractivity contribution in [3.05, 3.63) is 100 Å². The number of para-hydroxylation sites is 1. The minimum atomic E-state index is -4.60. The third-order valence-electron chi connectivity index (χ3n) is 16.2. The summed E-state index contributed by atoms with van der Waals surface area (Å²) in [5.41, 5.74) is 4.08. The molecule has 3 N–H and O–H groups in total. The number of nitro benzene ring substituents is 1. The topological polar surface area (TPSA) is 203 Å². The molecule has 1 amide bonds. The summed E-state index contributed by atoms with van der Waals surface area (Å²) in [5.74, 6) is 0.754. The van der Waals surface area contributed by atoms with Gasteiger partial charge in [0.2, 0.25) is 5.88 Å². The monoisotopic (exact) mass is 1000 g/mol. The fourth-order valence-corrected chi connectivity index (χ4v) is 13.0. The van der Waals surface area contributed by atoms with Gasteiger partial charge in [-0.05, 0) is 124 Å². The molecule has 0 bridgehead atoms. The van der Waals surface area contributed by atoms with Gasteiger partial charge < -0.3 is 43.8 Å². The number of carbonyl (C=O) groups excluding carboxylic acids is 1. The third kappa shape index (κ3) is 9.33. The Hall–Kier alpha value is -5.99. The summed E-state index contributed by atoms with van der Waals surface area (Å²) in [6.45, 7) is 6.55. The minimum absolute atomic E-state index is 0.120. The van der Waals surface area contributed by atoms with Crippen molar-refractivity contribution in [2.24, 2.45) is 11.3 Å². The number of nitrogens with zero attached hydrogens (tertiary/aromatic N) is 5. The molecule has 2 aromatic heterocycles. The number of H-pyrrole nitrogens is 1. The summed E-state index contributed by atoms with van der Waals surface area (Å²) >= 11 is 0. The number of piperidine rings is 1. The Morgan fingerprint density at radius 1 is 0.889 bits per heavy atom. The molecule has 18 nitrogen and oxygen atoms in total. The molecule has 4 saturated heterocycles. The molecule has 3 atom stereocenters. The number of carbonyl (C=O) groups is 1. The first-order valence-corrected chi connectivity index (χ1v) is 27.2. The highest BCUT2D eigenvalue weighted by Crippen LogP contribution is 2.54. The molecule has 7 aliphatic rings. The molecule has 2 aliphatic carbocycles. The second-order valence-electron chi connectivity index (χ2n) is 20.8. The largest absolute Gasteiger partial charge is 0.490 e. The zero-order chi connectivity index (χ0) is 49.0. The lowest BCUT2D eigenvalue weighted by Crippen LogP contribution is -2.56. The minimum Gasteiger partial charge on any atom is -0.490 e. The van der Waals surface area contributed by atoms with E-state index >= 15 is 0 Å². The molecule has 3 aromatic carbocycles. The SMILES string of the molecule is O=C(NS(=O)(=O)c1ccc(NCC2CCOCC2)c([N+](=O)[O-])c1)c1ccc(N2CCC3(CC2)CC(N2CCCOC[C@H]2c2ccccc2OC2CC2)C3)cc1N1c2cc3cc[nH]c3nc2O[C@H]2COCC[C@@H]21. The van der Waals surface area contributed by atoms with Crippen molar-refractivity contribution in [3.8, 4) is 11.6 Å². The lowest BCUT2D eigenvalue weighted by Gasteiger charge is -2.56. The van der Waals surface area contributed by atoms with Crippen LogP contribution in [0.5, 0.6) is 11.6 Å². The normalized spacial score (nSPS) is 23.9. The Morgan fingerprint density at radius 3 is 2.51 bits per heavy atom. The van der Waals surface area contributed by atoms with Crippen LogP contribution in [0, 0.1) is 21.4 Å². The Balaban J connectivity index is 0.819. The van der Waals surface area contributed by atoms with Crippen molar-refractivity contribution >= 4 is 55.4 Å². The fraction of sp³-hybridized carbons (Fsp3) is 0.509. The number of nitro groups is 1. The number of anilines is 4. The summed E-state index contributed by atoms with van der Waals surface area (Å²) in [6, 6.07) is 22.0. The van der Waals surface area contributed by atoms with E-state index < -0.39 is 37.5 Å². The fourth-order valence-electron chi connectivity index (χ4n) is 12.0. The summed E-state index contributed by atoms with van der Waals surface area (Å²) in [5, 5.41) is 16.3. The molecule has 2 saturated carbocycles. The van der Waals surface area contributed by atoms with Gasteiger partial charge in [0.05, 0.1) is 52.5 Å². The second-order valence-corrected chi connectivity index (χ2v) is 22.5. The predicted molar refractivity (Wildman–Crippen MR) is 270 cm³/mol. The van der Waals surface area contributed by atoms with Gasteiger partial charge in [-0.25, -0.2) is 13.1 Å². The van der Waals surface area contributed by atoms with E-state index in [1.807, 2.05) is 30.5 Å². The quantitative estimate of drug-likeness (QED) is 0.0759. The Morgan fingerprint density at radius 2 is 1.69 bits per heavy atom. The van der Waals surface area contributed by atoms with Crippen LogP contribution in [-0.2, 0) is 24.2 Å². The van der Waals surface area contributed by atoms with Crippen LogP contribution >= 0.6 is 0 Å². The Kier molecular flexibility index (Phi) is 12.7. The standard InChI is InChI=1S/C53H62N8O10S/c62-51(57-72(65,66)39-9-11-42(45(28-39)61(63)64)55-31-34-13-23-67-24-14-34)41-10-6-36(27-44(41)60-43-15-25-69-33-49(43)71-52-46(60)26-35-12-18-54-50(35)56-52)58-20-16-53(17-21-58)29-37(30-53)59-19-3-22-68-32-47(59)40-4-1-2-5-48(40)70-38-7-8-38/h1-2,4-6,9-12,18,26-28,34,37-38,43,47,49,55H,3,7-8,13-17,19-25,29-33H2,(H,54,56)(H,57,62)/t43-,47-,49-/m0/s1. The van der Waals surface area contributed by atoms with Crippen LogP contribution in [0.1, 0.15) is 86.2 Å². The molecular weight excluding hydrogens is 941 g/mol. The number of aromatic nitrogens is 2. The molecule has 72 heavy (non-hydrogen) atoms. The van der Waals surface area contributed by atoms with E-state index in [4.69, 9.17) is 28.7 Å². The zero-order valence-corrected chi connectivity index (χ0v) is 41.2. The summed E-state index contributed by atoms with van der Waals surface area (Å²) in [4.78, 5) is 41.2. The number of amides is 1. The summed E-state index contributed by atoms with van der Waals surface area (Å²) in [7, 11) is -4.60. The van der Waals surface area contributed by atoms with Crippen molar-refractivity contribution in [1.29, 1.82) is 0 Å². The van der Waals surface area contributed by atoms with Crippen molar-refractivity contribution in [3.63, 3.8) is 0 Å². The van der Waals surface area contributed by atoms with Crippen LogP contribution in [-0.4, -0.2) is 124 Å². The number of rotatable bonds is 13. The van der Waals surface area contributed by atoms with Gasteiger partial charge in [-0.15, -0.1) is 0 Å². The van der Waals surface area contributed by atoms with Gasteiger partial charge in [0.1, 0.15) is 28.9 Å². The van der Waals surface area contributed by atoms with E-state index in [1.54, 1.807) is 6.07 Å². The van der Waals surface area contributed by atoms with E-state index in [1.165, 1.54) is 17.7 Å². The van der Waals surface area contributed by atoms with Crippen LogP contribution in [0.25, 0.3) is 11.0 Å². The number of benzene rings is 3. The van der Waals surface area contributed by atoms with Gasteiger partial charge in [0, 0.05) is 87.5 Å². The smallest absolute Gasteiger partial charge is 0.293 e. The highest BCUT2D eigenvalue weighted by molar-refractivity contribution is 7.90. The van der Waals surface area contributed by atoms with Crippen LogP contribution in [0.3, 0.4) is 0 Å². The molecular formula is C53H62N8O10S. The maximum absolute atomic E-state index is 14.7. The number of hydrogen-bond donors (Lipinski definition) is 3. The first kappa shape index (κ1) is 47.0. The van der Waals surface area contributed by atoms with Crippen molar-refractivity contribution in [1.82, 2.24) is 19.6 Å². The van der Waals surface area contributed by atoms with Crippen LogP contribution in [0.2, 0.25) is 0 Å². The number of fused-ring (bicyclic) bond motifs is 3. The van der Waals surface area contributed by atoms with Crippen molar-refractivity contribution in [2.75, 3.05) is 80.9 Å². The third-order valence-corrected chi connectivity index (χ3v) is 17.5. The number of ether oxygens (including phenoxy) is 5. The van der Waals surface area contributed by atoms with Gasteiger partial charge in [0.25, 0.3) is 21.6 Å². The number of hydrogen-bond acceptors (Lipinski definition) is 15. The first-order valence-electron chi connectivity index (χ1n) is 25.8. The van der Waals surface area contributed by atoms with Crippen LogP contribution in [0.4, 0.5) is 28.4 Å². The number of aromatic amines is 1. The lowest BCUT2D eigenvalue weighted by atomic mass is 9.59. The number of pyridine rings is 1. The lowest BCUT2D eigenvalue weighted by molar-refractivity contribution is -0.384. The maximum atomic E-state index is 14.7. The Bertz CT molecular complexity index is 2940. The van der Waals surface area contributed by atoms with E-state index in [0.29, 0.717) is 81.0 Å². The maximum Gasteiger partial charge on any atom is 0.293 e.